The van der Waals surface area contributed by atoms with Crippen molar-refractivity contribution < 1.29 is 42.1 Å². The molecule has 10 heteroatoms. The lowest BCUT2D eigenvalue weighted by atomic mass is 10.0. The highest BCUT2D eigenvalue weighted by atomic mass is 31.2. The van der Waals surface area contributed by atoms with Crippen molar-refractivity contribution in [1.82, 2.24) is 0 Å². The van der Waals surface area contributed by atoms with Gasteiger partial charge in [-0.25, -0.2) is 0 Å². The summed E-state index contributed by atoms with van der Waals surface area (Å²) in [4.78, 5) is 38.0. The summed E-state index contributed by atoms with van der Waals surface area (Å²) in [6, 6.07) is 0. The molecule has 0 aliphatic heterocycles. The molecule has 0 spiro atoms. The Morgan fingerprint density at radius 2 is 0.704 bits per heavy atom. The molecule has 0 aliphatic rings. The number of allylic oxidation sites excluding steroid dienone is 20. The minimum atomic E-state index is -4.65. The number of ether oxygens (including phenoxy) is 2. The highest BCUT2D eigenvalue weighted by molar-refractivity contribution is 7.45. The standard InChI is InChI=1S/C71H122NO8P/c1-6-8-10-12-14-16-18-20-22-24-26-28-29-30-31-32-33-34-35-36-37-38-39-40-41-42-43-44-46-48-50-52-54-56-58-60-62-64-71(74)80-69(68-79-81(75,76)78-66-65-72(3,4)5)67-77-70(73)63-61-59-57-55-53-51-49-47-45-27-25-23-21-19-17-15-13-11-9-7-2/h8,10,14,16,20,22,26,28,30-31,33-34,36-37,39-40,42-43,46,48,69H,6-7,9,11-13,15,17-19,21,23-25,27,29,32,35,38,41,44-45,47,49-68H2,1-5H3/b10-8-,16-14-,22-20-,28-26-,31-30-,34-33-,37-36-,40-39-,43-42-,48-46-. The zero-order chi connectivity index (χ0) is 59.1. The molecular weight excluding hydrogens is 1030 g/mol. The molecule has 0 saturated heterocycles. The van der Waals surface area contributed by atoms with E-state index in [0.717, 1.165) is 122 Å². The summed E-state index contributed by atoms with van der Waals surface area (Å²) in [5, 5.41) is 0. The fourth-order valence-corrected chi connectivity index (χ4v) is 9.47. The van der Waals surface area contributed by atoms with Crippen molar-refractivity contribution in [3.8, 4) is 0 Å². The fourth-order valence-electron chi connectivity index (χ4n) is 8.74. The number of likely N-dealkylation sites (N-methyl/N-ethyl adjacent to an activating group) is 1. The van der Waals surface area contributed by atoms with Crippen LogP contribution in [0, 0.1) is 0 Å². The molecule has 2 atom stereocenters. The second-order valence-electron chi connectivity index (χ2n) is 22.8. The number of unbranched alkanes of at least 4 members (excludes halogenated alkanes) is 25. The lowest BCUT2D eigenvalue weighted by Crippen LogP contribution is -2.37. The number of hydrogen-bond acceptors (Lipinski definition) is 8. The Labute approximate surface area is 498 Å². The molecule has 0 bridgehead atoms. The monoisotopic (exact) mass is 1150 g/mol. The molecule has 464 valence electrons. The normalized spacial score (nSPS) is 14.0. The second kappa shape index (κ2) is 61.0. The number of phosphoric ester groups is 1. The molecule has 0 radical (unpaired) electrons. The van der Waals surface area contributed by atoms with Crippen molar-refractivity contribution >= 4 is 19.8 Å². The predicted octanol–water partition coefficient (Wildman–Crippen LogP) is 20.5. The molecule has 0 amide bonds. The Bertz CT molecular complexity index is 1780. The van der Waals surface area contributed by atoms with E-state index in [9.17, 15) is 19.0 Å². The average molecular weight is 1150 g/mol. The van der Waals surface area contributed by atoms with Crippen molar-refractivity contribution in [3.63, 3.8) is 0 Å². The molecule has 0 fully saturated rings. The van der Waals surface area contributed by atoms with Gasteiger partial charge in [-0.3, -0.25) is 14.2 Å². The number of phosphoric acid groups is 1. The first kappa shape index (κ1) is 77.4. The van der Waals surface area contributed by atoms with Crippen molar-refractivity contribution in [2.24, 2.45) is 0 Å². The molecule has 0 aromatic rings. The maximum absolute atomic E-state index is 12.8. The van der Waals surface area contributed by atoms with Crippen LogP contribution in [-0.2, 0) is 32.7 Å². The van der Waals surface area contributed by atoms with Crippen LogP contribution in [0.4, 0.5) is 0 Å². The summed E-state index contributed by atoms with van der Waals surface area (Å²) < 4.78 is 34.2. The van der Waals surface area contributed by atoms with E-state index < -0.39 is 26.5 Å². The van der Waals surface area contributed by atoms with Gasteiger partial charge in [-0.1, -0.05) is 283 Å². The average Bonchev–Trinajstić information content (AvgIpc) is 3.43. The summed E-state index contributed by atoms with van der Waals surface area (Å²) in [6.07, 6.45) is 86.9. The Morgan fingerprint density at radius 1 is 0.395 bits per heavy atom. The van der Waals surface area contributed by atoms with Gasteiger partial charge in [0.1, 0.15) is 19.8 Å². The molecule has 0 saturated carbocycles. The number of nitrogens with zero attached hydrogens (tertiary/aromatic N) is 1. The zero-order valence-electron chi connectivity index (χ0n) is 52.7. The highest BCUT2D eigenvalue weighted by Crippen LogP contribution is 2.38. The molecule has 0 aromatic carbocycles. The van der Waals surface area contributed by atoms with Crippen LogP contribution in [0.15, 0.2) is 122 Å². The summed E-state index contributed by atoms with van der Waals surface area (Å²) >= 11 is 0. The van der Waals surface area contributed by atoms with Crippen molar-refractivity contribution in [2.45, 2.75) is 270 Å². The lowest BCUT2D eigenvalue weighted by molar-refractivity contribution is -0.870. The molecule has 0 aliphatic carbocycles. The van der Waals surface area contributed by atoms with Crippen molar-refractivity contribution in [1.29, 1.82) is 0 Å². The Balaban J connectivity index is 4.16. The summed E-state index contributed by atoms with van der Waals surface area (Å²) in [7, 11) is 1.15. The number of rotatable bonds is 59. The van der Waals surface area contributed by atoms with Gasteiger partial charge in [0.2, 0.25) is 0 Å². The predicted molar refractivity (Wildman–Crippen MR) is 346 cm³/mol. The van der Waals surface area contributed by atoms with Gasteiger partial charge in [-0.15, -0.1) is 0 Å². The molecule has 0 heterocycles. The number of hydrogen-bond donors (Lipinski definition) is 0. The number of carbonyl (C=O) groups is 2. The van der Waals surface area contributed by atoms with E-state index in [1.807, 2.05) is 21.1 Å². The van der Waals surface area contributed by atoms with Crippen molar-refractivity contribution in [3.05, 3.63) is 122 Å². The Morgan fingerprint density at radius 3 is 1.05 bits per heavy atom. The van der Waals surface area contributed by atoms with Gasteiger partial charge < -0.3 is 27.9 Å². The van der Waals surface area contributed by atoms with E-state index in [2.05, 4.69) is 135 Å². The summed E-state index contributed by atoms with van der Waals surface area (Å²) in [5.74, 6) is -0.849. The van der Waals surface area contributed by atoms with E-state index in [1.165, 1.54) is 109 Å². The minimum Gasteiger partial charge on any atom is -0.756 e. The van der Waals surface area contributed by atoms with E-state index >= 15 is 0 Å². The minimum absolute atomic E-state index is 0.0384. The quantitative estimate of drug-likeness (QED) is 0.0195. The topological polar surface area (TPSA) is 111 Å². The molecule has 0 aromatic heterocycles. The van der Waals surface area contributed by atoms with Crippen LogP contribution in [0.3, 0.4) is 0 Å². The molecule has 81 heavy (non-hydrogen) atoms. The van der Waals surface area contributed by atoms with Gasteiger partial charge >= 0.3 is 11.9 Å². The van der Waals surface area contributed by atoms with Gasteiger partial charge in [0.25, 0.3) is 7.82 Å². The lowest BCUT2D eigenvalue weighted by Gasteiger charge is -2.28. The largest absolute Gasteiger partial charge is 0.756 e. The molecular formula is C71H122NO8P. The maximum Gasteiger partial charge on any atom is 0.306 e. The molecule has 0 rings (SSSR count). The molecule has 9 nitrogen and oxygen atoms in total. The van der Waals surface area contributed by atoms with Gasteiger partial charge in [-0.2, -0.15) is 0 Å². The van der Waals surface area contributed by atoms with Crippen LogP contribution in [0.1, 0.15) is 264 Å². The number of carbonyl (C=O) groups excluding carboxylic acids is 2. The third kappa shape index (κ3) is 65.4. The fraction of sp³-hybridized carbons (Fsp3) is 0.690. The van der Waals surface area contributed by atoms with E-state index in [-0.39, 0.29) is 32.0 Å². The Kier molecular flexibility index (Phi) is 58.3. The van der Waals surface area contributed by atoms with Crippen LogP contribution in [0.2, 0.25) is 0 Å². The Hall–Kier alpha value is -3.59. The van der Waals surface area contributed by atoms with E-state index in [0.29, 0.717) is 17.4 Å². The van der Waals surface area contributed by atoms with E-state index in [4.69, 9.17) is 18.5 Å². The van der Waals surface area contributed by atoms with Gasteiger partial charge in [0, 0.05) is 12.8 Å². The summed E-state index contributed by atoms with van der Waals surface area (Å²) in [6.45, 7) is 4.12. The van der Waals surface area contributed by atoms with Crippen molar-refractivity contribution in [2.75, 3.05) is 47.5 Å². The van der Waals surface area contributed by atoms with Gasteiger partial charge in [0.15, 0.2) is 6.10 Å². The van der Waals surface area contributed by atoms with Crippen LogP contribution >= 0.6 is 7.82 Å². The van der Waals surface area contributed by atoms with Crippen LogP contribution in [0.5, 0.6) is 0 Å². The maximum atomic E-state index is 12.8. The third-order valence-electron chi connectivity index (χ3n) is 13.7. The smallest absolute Gasteiger partial charge is 0.306 e. The van der Waals surface area contributed by atoms with Gasteiger partial charge in [0.05, 0.1) is 27.7 Å². The third-order valence-corrected chi connectivity index (χ3v) is 14.7. The first-order valence-electron chi connectivity index (χ1n) is 32.7. The van der Waals surface area contributed by atoms with E-state index in [1.54, 1.807) is 0 Å². The van der Waals surface area contributed by atoms with Gasteiger partial charge in [-0.05, 0) is 89.9 Å². The highest BCUT2D eigenvalue weighted by Gasteiger charge is 2.22. The first-order valence-corrected chi connectivity index (χ1v) is 34.2. The first-order chi connectivity index (χ1) is 39.5. The number of esters is 2. The zero-order valence-corrected chi connectivity index (χ0v) is 53.6. The SMILES string of the molecule is CC/C=C\C/C=C\C/C=C\C/C=C\C/C=C\C/C=C\C/C=C\C/C=C\C/C=C\C/C=C\CCCCCCCCC(=O)OC(COC(=O)CCCCCCCCCCCCCCCCCCCCCC)COP(=O)([O-])OCC[N+](C)(C)C. The molecule has 0 N–H and O–H groups in total. The second-order valence-corrected chi connectivity index (χ2v) is 24.2. The van der Waals surface area contributed by atoms with Crippen LogP contribution in [0.25, 0.3) is 0 Å². The summed E-state index contributed by atoms with van der Waals surface area (Å²) in [5.41, 5.74) is 0. The number of quaternary nitrogens is 1. The van der Waals surface area contributed by atoms with Crippen LogP contribution < -0.4 is 4.89 Å². The van der Waals surface area contributed by atoms with Crippen LogP contribution in [-0.4, -0.2) is 70.0 Å². The molecule has 2 unspecified atom stereocenters.